The highest BCUT2D eigenvalue weighted by atomic mass is 35.5. The molecule has 0 aliphatic heterocycles. The molecular formula is C23H16Cl3NO2. The number of benzene rings is 2. The summed E-state index contributed by atoms with van der Waals surface area (Å²) in [6.07, 6.45) is 7.16. The number of rotatable bonds is 5. The van der Waals surface area contributed by atoms with E-state index in [1.54, 1.807) is 18.2 Å². The van der Waals surface area contributed by atoms with Gasteiger partial charge in [-0.3, -0.25) is 4.79 Å². The Kier molecular flexibility index (Phi) is 6.75. The Morgan fingerprint density at radius 3 is 2.52 bits per heavy atom. The Morgan fingerprint density at radius 2 is 1.76 bits per heavy atom. The molecule has 2 heterocycles. The van der Waals surface area contributed by atoms with Crippen LogP contribution in [0, 0.1) is 0 Å². The molecule has 146 valence electrons. The van der Waals surface area contributed by atoms with Crippen molar-refractivity contribution < 1.29 is 26.2 Å². The highest BCUT2D eigenvalue weighted by molar-refractivity contribution is 6.42. The number of carbonyl (C=O) groups excluding carboxylic acids is 1. The number of para-hydroxylation sites is 1. The van der Waals surface area contributed by atoms with Crippen LogP contribution in [0.1, 0.15) is 21.7 Å². The lowest BCUT2D eigenvalue weighted by atomic mass is 10.2. The molecule has 0 amide bonds. The summed E-state index contributed by atoms with van der Waals surface area (Å²) in [5, 5.41) is 2.03. The second-order valence-electron chi connectivity index (χ2n) is 6.36. The molecule has 2 aromatic heterocycles. The molecule has 0 unspecified atom stereocenters. The van der Waals surface area contributed by atoms with Crippen molar-refractivity contribution in [3.05, 3.63) is 106 Å². The fraction of sp³-hybridized carbons (Fsp3) is 0.0435. The van der Waals surface area contributed by atoms with Crippen molar-refractivity contribution in [2.45, 2.75) is 6.54 Å². The van der Waals surface area contributed by atoms with Crippen LogP contribution >= 0.6 is 23.2 Å². The Morgan fingerprint density at radius 1 is 1.00 bits per heavy atom. The second-order valence-corrected chi connectivity index (χ2v) is 7.15. The molecule has 0 N–H and O–H groups in total. The van der Waals surface area contributed by atoms with Gasteiger partial charge in [-0.05, 0) is 29.8 Å². The zero-order valence-corrected chi connectivity index (χ0v) is 17.5. The molecule has 0 bridgehead atoms. The van der Waals surface area contributed by atoms with Crippen molar-refractivity contribution in [3.63, 3.8) is 0 Å². The van der Waals surface area contributed by atoms with E-state index in [1.165, 1.54) is 6.08 Å². The highest BCUT2D eigenvalue weighted by Crippen LogP contribution is 2.25. The molecule has 2 aromatic carbocycles. The molecule has 0 radical (unpaired) electrons. The minimum atomic E-state index is -0.168. The molecule has 0 fully saturated rings. The van der Waals surface area contributed by atoms with Gasteiger partial charge in [0.1, 0.15) is 5.58 Å². The third kappa shape index (κ3) is 4.88. The monoisotopic (exact) mass is 443 g/mol. The van der Waals surface area contributed by atoms with Gasteiger partial charge in [0.2, 0.25) is 5.78 Å². The van der Waals surface area contributed by atoms with E-state index in [0.717, 1.165) is 16.5 Å². The number of halogens is 3. The molecular weight excluding hydrogens is 429 g/mol. The number of pyridine rings is 1. The van der Waals surface area contributed by atoms with Crippen molar-refractivity contribution in [1.82, 2.24) is 0 Å². The Labute approximate surface area is 184 Å². The van der Waals surface area contributed by atoms with E-state index >= 15 is 0 Å². The minimum Gasteiger partial charge on any atom is -1.00 e. The molecule has 0 saturated heterocycles. The van der Waals surface area contributed by atoms with Gasteiger partial charge in [-0.15, -0.1) is 0 Å². The summed E-state index contributed by atoms with van der Waals surface area (Å²) in [5.41, 5.74) is 2.57. The summed E-state index contributed by atoms with van der Waals surface area (Å²) < 4.78 is 7.59. The maximum Gasteiger partial charge on any atom is 0.221 e. The summed E-state index contributed by atoms with van der Waals surface area (Å²) in [6.45, 7) is 0.612. The van der Waals surface area contributed by atoms with Crippen molar-refractivity contribution in [3.8, 4) is 0 Å². The zero-order valence-electron chi connectivity index (χ0n) is 15.2. The van der Waals surface area contributed by atoms with Gasteiger partial charge in [0.05, 0.1) is 10.0 Å². The first-order valence-corrected chi connectivity index (χ1v) is 9.49. The predicted molar refractivity (Wildman–Crippen MR) is 112 cm³/mol. The SMILES string of the molecule is O=C(/C=C/c1cc[n+](Cc2cccc(Cl)c2Cl)cc1)c1cc2ccccc2o1.[Cl-]. The molecule has 3 nitrogen and oxygen atoms in total. The minimum absolute atomic E-state index is 0. The van der Waals surface area contributed by atoms with Crippen LogP contribution < -0.4 is 17.0 Å². The number of hydrogen-bond donors (Lipinski definition) is 0. The van der Waals surface area contributed by atoms with Gasteiger partial charge in [-0.25, -0.2) is 4.57 Å². The average Bonchev–Trinajstić information content (AvgIpc) is 3.15. The van der Waals surface area contributed by atoms with Crippen LogP contribution in [0.25, 0.3) is 17.0 Å². The number of aromatic nitrogens is 1. The molecule has 0 atom stereocenters. The summed E-state index contributed by atoms with van der Waals surface area (Å²) >= 11 is 12.3. The first kappa shape index (κ1) is 21.1. The fourth-order valence-electron chi connectivity index (χ4n) is 2.91. The van der Waals surface area contributed by atoms with Crippen LogP contribution in [0.2, 0.25) is 10.0 Å². The first-order valence-electron chi connectivity index (χ1n) is 8.73. The van der Waals surface area contributed by atoms with Crippen LogP contribution in [0.5, 0.6) is 0 Å². The van der Waals surface area contributed by atoms with Gasteiger partial charge in [-0.2, -0.15) is 0 Å². The van der Waals surface area contributed by atoms with Crippen LogP contribution in [-0.4, -0.2) is 5.78 Å². The van der Waals surface area contributed by atoms with Gasteiger partial charge < -0.3 is 16.8 Å². The van der Waals surface area contributed by atoms with E-state index in [2.05, 4.69) is 0 Å². The fourth-order valence-corrected chi connectivity index (χ4v) is 3.29. The van der Waals surface area contributed by atoms with E-state index < -0.39 is 0 Å². The first-order chi connectivity index (χ1) is 13.6. The number of hydrogen-bond acceptors (Lipinski definition) is 2. The molecule has 0 saturated carbocycles. The average molecular weight is 445 g/mol. The molecule has 0 spiro atoms. The Hall–Kier alpha value is -2.59. The van der Waals surface area contributed by atoms with Crippen LogP contribution in [0.4, 0.5) is 0 Å². The van der Waals surface area contributed by atoms with E-state index in [1.807, 2.05) is 65.5 Å². The highest BCUT2D eigenvalue weighted by Gasteiger charge is 2.10. The summed E-state index contributed by atoms with van der Waals surface area (Å²) in [4.78, 5) is 12.4. The lowest BCUT2D eigenvalue weighted by Gasteiger charge is -2.02. The number of allylic oxidation sites excluding steroid dienone is 1. The topological polar surface area (TPSA) is 34.1 Å². The van der Waals surface area contributed by atoms with E-state index in [9.17, 15) is 4.79 Å². The molecule has 29 heavy (non-hydrogen) atoms. The molecule has 6 heteroatoms. The van der Waals surface area contributed by atoms with Crippen molar-refractivity contribution in [1.29, 1.82) is 0 Å². The number of ketones is 1. The van der Waals surface area contributed by atoms with Crippen LogP contribution in [0.15, 0.2) is 83.6 Å². The van der Waals surface area contributed by atoms with E-state index in [-0.39, 0.29) is 18.2 Å². The summed E-state index contributed by atoms with van der Waals surface area (Å²) in [7, 11) is 0. The lowest BCUT2D eigenvalue weighted by molar-refractivity contribution is -0.688. The van der Waals surface area contributed by atoms with Crippen molar-refractivity contribution in [2.75, 3.05) is 0 Å². The third-order valence-electron chi connectivity index (χ3n) is 4.40. The number of furan rings is 1. The normalized spacial score (nSPS) is 11.0. The number of nitrogens with zero attached hydrogens (tertiary/aromatic N) is 1. The smallest absolute Gasteiger partial charge is 0.221 e. The van der Waals surface area contributed by atoms with Gasteiger partial charge >= 0.3 is 0 Å². The molecule has 4 rings (SSSR count). The van der Waals surface area contributed by atoms with Gasteiger partial charge in [-0.1, -0.05) is 59.6 Å². The van der Waals surface area contributed by atoms with E-state index in [4.69, 9.17) is 27.6 Å². The largest absolute Gasteiger partial charge is 1.00 e. The summed E-state index contributed by atoms with van der Waals surface area (Å²) in [6, 6.07) is 18.8. The molecule has 0 aliphatic rings. The van der Waals surface area contributed by atoms with Gasteiger partial charge in [0, 0.05) is 23.1 Å². The summed E-state index contributed by atoms with van der Waals surface area (Å²) in [5.74, 6) is 0.165. The number of fused-ring (bicyclic) bond motifs is 1. The zero-order chi connectivity index (χ0) is 19.5. The van der Waals surface area contributed by atoms with Gasteiger partial charge in [0.15, 0.2) is 24.7 Å². The second kappa shape index (κ2) is 9.27. The van der Waals surface area contributed by atoms with E-state index in [0.29, 0.717) is 27.9 Å². The lowest BCUT2D eigenvalue weighted by Crippen LogP contribution is -3.00. The van der Waals surface area contributed by atoms with Crippen molar-refractivity contribution in [2.24, 2.45) is 0 Å². The molecule has 0 aliphatic carbocycles. The van der Waals surface area contributed by atoms with Crippen molar-refractivity contribution >= 4 is 46.0 Å². The van der Waals surface area contributed by atoms with Crippen LogP contribution in [-0.2, 0) is 6.54 Å². The molecule has 4 aromatic rings. The quantitative estimate of drug-likeness (QED) is 0.269. The standard InChI is InChI=1S/C23H16Cl2NO2.ClH/c24-19-6-3-5-18(23(19)25)15-26-12-10-16(11-13-26)8-9-20(27)22-14-17-4-1-2-7-21(17)28-22;/h1-14H,15H2;1H/q+1;/p-1/b9-8+;. The Balaban J connectivity index is 0.00000240. The maximum atomic E-state index is 12.4. The van der Waals surface area contributed by atoms with Crippen LogP contribution in [0.3, 0.4) is 0 Å². The Bertz CT molecular complexity index is 1150. The van der Waals surface area contributed by atoms with Gasteiger partial charge in [0.25, 0.3) is 0 Å². The predicted octanol–water partition coefficient (Wildman–Crippen LogP) is 2.98. The number of carbonyl (C=O) groups is 1. The maximum absolute atomic E-state index is 12.4. The third-order valence-corrected chi connectivity index (χ3v) is 5.25.